The predicted octanol–water partition coefficient (Wildman–Crippen LogP) is -0.126. The molecule has 0 aromatic rings. The van der Waals surface area contributed by atoms with Crippen LogP contribution in [0.25, 0.3) is 0 Å². The van der Waals surface area contributed by atoms with Gasteiger partial charge in [-0.25, -0.2) is 0 Å². The molecule has 0 fully saturated rings. The molecule has 4 heavy (non-hydrogen) atoms. The normalized spacial score (nSPS) is 0. The van der Waals surface area contributed by atoms with Gasteiger partial charge in [-0.3, -0.25) is 0 Å². The maximum absolute atomic E-state index is 0. The fraction of sp³-hybridized carbons (Fsp3) is 0. The molecule has 0 saturated heterocycles. The van der Waals surface area contributed by atoms with Crippen molar-refractivity contribution in [1.82, 2.24) is 0 Å². The van der Waals surface area contributed by atoms with Crippen LogP contribution >= 0.6 is 0 Å². The summed E-state index contributed by atoms with van der Waals surface area (Å²) in [6, 6.07) is 0. The summed E-state index contributed by atoms with van der Waals surface area (Å²) >= 11 is 0. The van der Waals surface area contributed by atoms with Crippen LogP contribution in [0, 0.1) is 0 Å². The largest absolute Gasteiger partial charge is 2.00 e. The molecule has 0 unspecified atom stereocenters. The minimum atomic E-state index is 0. The molecule has 0 aliphatic carbocycles. The first-order valence-corrected chi connectivity index (χ1v) is 0. The van der Waals surface area contributed by atoms with Crippen LogP contribution < -0.4 is 0 Å². The van der Waals surface area contributed by atoms with Crippen LogP contribution in [-0.2, 0) is 66.8 Å². The molecule has 1 nitrogen and oxygen atoms in total. The molecule has 0 aliphatic rings. The van der Waals surface area contributed by atoms with Crippen LogP contribution in [-0.4, -0.2) is 0 Å². The quantitative estimate of drug-likeness (QED) is 0.539. The zero-order valence-corrected chi connectivity index (χ0v) is 9.54. The van der Waals surface area contributed by atoms with E-state index in [1.54, 1.807) is 0 Å². The molecule has 0 aromatic heterocycles. The SMILES string of the molecule is [Ag+].[O-2].[Zn+2].[Zn+2]. The third-order valence-electron chi connectivity index (χ3n) is 0. The molecule has 0 heterocycles. The van der Waals surface area contributed by atoms with Crippen molar-refractivity contribution in [2.24, 2.45) is 0 Å². The van der Waals surface area contributed by atoms with E-state index >= 15 is 0 Å². The fourth-order valence-corrected chi connectivity index (χ4v) is 0. The van der Waals surface area contributed by atoms with Crippen LogP contribution in [0.3, 0.4) is 0 Å². The van der Waals surface area contributed by atoms with Crippen molar-refractivity contribution < 1.29 is 66.8 Å². The Hall–Kier alpha value is 1.95. The van der Waals surface area contributed by atoms with Crippen LogP contribution in [0.15, 0.2) is 0 Å². The fourth-order valence-electron chi connectivity index (χ4n) is 0. The summed E-state index contributed by atoms with van der Waals surface area (Å²) in [5, 5.41) is 0. The molecule has 0 rings (SSSR count). The van der Waals surface area contributed by atoms with E-state index in [2.05, 4.69) is 0 Å². The Balaban J connectivity index is 0. The number of hydrogen-bond donors (Lipinski definition) is 0. The molecule has 4 heteroatoms. The van der Waals surface area contributed by atoms with Gasteiger partial charge < -0.3 is 5.48 Å². The molecule has 0 spiro atoms. The summed E-state index contributed by atoms with van der Waals surface area (Å²) in [5.74, 6) is 0. The predicted molar refractivity (Wildman–Crippen MR) is 0.686 cm³/mol. The van der Waals surface area contributed by atoms with Gasteiger partial charge in [0.15, 0.2) is 0 Å². The van der Waals surface area contributed by atoms with Crippen molar-refractivity contribution in [2.45, 2.75) is 0 Å². The molecule has 0 amide bonds. The van der Waals surface area contributed by atoms with E-state index in [-0.39, 0.29) is 66.8 Å². The van der Waals surface area contributed by atoms with Gasteiger partial charge in [-0.2, -0.15) is 0 Å². The Labute approximate surface area is 66.2 Å². The molecular formula is AgOZn2+3. The second-order valence-corrected chi connectivity index (χ2v) is 0. The van der Waals surface area contributed by atoms with Gasteiger partial charge >= 0.3 is 61.3 Å². The van der Waals surface area contributed by atoms with Crippen LogP contribution in [0.1, 0.15) is 0 Å². The Morgan fingerprint density at radius 3 is 0.750 bits per heavy atom. The van der Waals surface area contributed by atoms with Crippen molar-refractivity contribution in [3.8, 4) is 0 Å². The Kier molecular flexibility index (Phi) is 195. The van der Waals surface area contributed by atoms with Crippen molar-refractivity contribution in [2.75, 3.05) is 0 Å². The second kappa shape index (κ2) is 20.3. The summed E-state index contributed by atoms with van der Waals surface area (Å²) in [4.78, 5) is 0. The molecule has 0 N–H and O–H groups in total. The first-order chi connectivity index (χ1) is 0. The summed E-state index contributed by atoms with van der Waals surface area (Å²) in [6.45, 7) is 0. The van der Waals surface area contributed by atoms with Crippen molar-refractivity contribution >= 4 is 0 Å². The average molecular weight is 255 g/mol. The topological polar surface area (TPSA) is 28.5 Å². The van der Waals surface area contributed by atoms with Crippen molar-refractivity contribution in [1.29, 1.82) is 0 Å². The van der Waals surface area contributed by atoms with Crippen molar-refractivity contribution in [3.63, 3.8) is 0 Å². The Bertz CT molecular complexity index is 6.00. The third kappa shape index (κ3) is 9.04. The molecule has 0 aliphatic heterocycles. The first kappa shape index (κ1) is 38.4. The van der Waals surface area contributed by atoms with Gasteiger partial charge in [0.05, 0.1) is 0 Å². The Morgan fingerprint density at radius 2 is 0.750 bits per heavy atom. The number of hydrogen-bond acceptors (Lipinski definition) is 0. The van der Waals surface area contributed by atoms with Gasteiger partial charge in [-0.1, -0.05) is 0 Å². The third-order valence-corrected chi connectivity index (χ3v) is 0. The summed E-state index contributed by atoms with van der Waals surface area (Å²) in [5.41, 5.74) is 0. The zero-order valence-electron chi connectivity index (χ0n) is 2.12. The van der Waals surface area contributed by atoms with E-state index in [1.807, 2.05) is 0 Å². The summed E-state index contributed by atoms with van der Waals surface area (Å²) < 4.78 is 0. The van der Waals surface area contributed by atoms with E-state index in [4.69, 9.17) is 0 Å². The zero-order chi connectivity index (χ0) is 0. The maximum atomic E-state index is 0. The van der Waals surface area contributed by atoms with Crippen LogP contribution in [0.4, 0.5) is 0 Å². The van der Waals surface area contributed by atoms with Gasteiger partial charge in [0, 0.05) is 0 Å². The first-order valence-electron chi connectivity index (χ1n) is 0. The van der Waals surface area contributed by atoms with E-state index in [9.17, 15) is 0 Å². The average Bonchev–Trinajstić information content (AvgIpc) is 0. The maximum Gasteiger partial charge on any atom is 2.00 e. The second-order valence-electron chi connectivity index (χ2n) is 0. The molecular weight excluding hydrogens is 255 g/mol. The van der Waals surface area contributed by atoms with Gasteiger partial charge in [0.2, 0.25) is 0 Å². The van der Waals surface area contributed by atoms with E-state index in [1.165, 1.54) is 0 Å². The number of rotatable bonds is 0. The molecule has 0 bridgehead atoms. The van der Waals surface area contributed by atoms with Gasteiger partial charge in [-0.15, -0.1) is 0 Å². The molecule has 0 aromatic carbocycles. The van der Waals surface area contributed by atoms with Crippen LogP contribution in [0.5, 0.6) is 0 Å². The van der Waals surface area contributed by atoms with Gasteiger partial charge in [-0.05, 0) is 0 Å². The van der Waals surface area contributed by atoms with E-state index < -0.39 is 0 Å². The van der Waals surface area contributed by atoms with E-state index in [0.717, 1.165) is 0 Å². The van der Waals surface area contributed by atoms with Crippen molar-refractivity contribution in [3.05, 3.63) is 0 Å². The van der Waals surface area contributed by atoms with Gasteiger partial charge in [0.25, 0.3) is 0 Å². The smallest absolute Gasteiger partial charge is 2.00 e. The molecule has 18 valence electrons. The minimum Gasteiger partial charge on any atom is -2.00 e. The van der Waals surface area contributed by atoms with Gasteiger partial charge in [0.1, 0.15) is 0 Å². The minimum absolute atomic E-state index is 0. The summed E-state index contributed by atoms with van der Waals surface area (Å²) in [6.07, 6.45) is 0. The molecule has 0 radical (unpaired) electrons. The van der Waals surface area contributed by atoms with Crippen LogP contribution in [0.2, 0.25) is 0 Å². The van der Waals surface area contributed by atoms with E-state index in [0.29, 0.717) is 0 Å². The monoisotopic (exact) mass is 251 g/mol. The standard InChI is InChI=1S/Ag.O.2Zn/q+1;-2;2*+2. The Morgan fingerprint density at radius 1 is 0.750 bits per heavy atom. The molecule has 0 atom stereocenters. The molecule has 0 saturated carbocycles. The summed E-state index contributed by atoms with van der Waals surface area (Å²) in [7, 11) is 0.